The van der Waals surface area contributed by atoms with Crippen LogP contribution in [0.5, 0.6) is 0 Å². The summed E-state index contributed by atoms with van der Waals surface area (Å²) in [5.74, 6) is -0.956. The van der Waals surface area contributed by atoms with Crippen molar-refractivity contribution in [2.75, 3.05) is 0 Å². The molecule has 0 amide bonds. The first-order chi connectivity index (χ1) is 9.63. The molecule has 5 heteroatoms. The van der Waals surface area contributed by atoms with Crippen LogP contribution in [0.2, 0.25) is 0 Å². The molecule has 0 spiro atoms. The summed E-state index contributed by atoms with van der Waals surface area (Å²) in [6, 6.07) is 7.93. The summed E-state index contributed by atoms with van der Waals surface area (Å²) in [6.45, 7) is 0. The van der Waals surface area contributed by atoms with Crippen LogP contribution in [0.4, 0.5) is 0 Å². The zero-order valence-corrected chi connectivity index (χ0v) is 13.0. The van der Waals surface area contributed by atoms with Gasteiger partial charge in [0.25, 0.3) is 0 Å². The molecule has 2 aromatic rings. The zero-order valence-electron chi connectivity index (χ0n) is 10.6. The molecule has 1 aliphatic rings. The molecule has 0 saturated carbocycles. The van der Waals surface area contributed by atoms with Gasteiger partial charge in [0.2, 0.25) is 0 Å². The number of hydrogen-bond donors (Lipinski definition) is 1. The number of carboxylic acid groups (broad SMARTS) is 1. The van der Waals surface area contributed by atoms with Crippen LogP contribution in [0.15, 0.2) is 44.9 Å². The molecule has 0 unspecified atom stereocenters. The van der Waals surface area contributed by atoms with Gasteiger partial charge in [0.15, 0.2) is 0 Å². The molecule has 0 aliphatic heterocycles. The number of rotatable bonds is 3. The van der Waals surface area contributed by atoms with E-state index in [0.717, 1.165) is 17.7 Å². The van der Waals surface area contributed by atoms with Crippen LogP contribution in [0, 0.1) is 0 Å². The first-order valence-corrected chi connectivity index (χ1v) is 7.93. The number of pyridine rings is 1. The number of aryl methyl sites for hydroxylation is 2. The monoisotopic (exact) mass is 349 g/mol. The Labute approximate surface area is 129 Å². The normalized spacial score (nSPS) is 13.2. The average molecular weight is 350 g/mol. The van der Waals surface area contributed by atoms with E-state index in [1.165, 1.54) is 29.3 Å². The van der Waals surface area contributed by atoms with E-state index in [0.29, 0.717) is 9.50 Å². The van der Waals surface area contributed by atoms with Crippen molar-refractivity contribution in [3.63, 3.8) is 0 Å². The summed E-state index contributed by atoms with van der Waals surface area (Å²) in [6.07, 6.45) is 5.10. The molecule has 102 valence electrons. The lowest BCUT2D eigenvalue weighted by Gasteiger charge is -2.07. The van der Waals surface area contributed by atoms with Crippen molar-refractivity contribution in [3.05, 3.63) is 51.6 Å². The molecule has 0 radical (unpaired) electrons. The third kappa shape index (κ3) is 2.74. The number of aromatic nitrogens is 1. The molecule has 3 nitrogen and oxygen atoms in total. The second-order valence-electron chi connectivity index (χ2n) is 4.70. The van der Waals surface area contributed by atoms with Crippen molar-refractivity contribution in [3.8, 4) is 0 Å². The van der Waals surface area contributed by atoms with Crippen LogP contribution in [-0.2, 0) is 12.8 Å². The van der Waals surface area contributed by atoms with E-state index in [9.17, 15) is 9.90 Å². The molecule has 1 heterocycles. The molecule has 1 aromatic carbocycles. The lowest BCUT2D eigenvalue weighted by molar-refractivity contribution is 0.0692. The maximum atomic E-state index is 11.3. The largest absolute Gasteiger partial charge is 0.478 e. The summed E-state index contributed by atoms with van der Waals surface area (Å²) in [4.78, 5) is 16.5. The van der Waals surface area contributed by atoms with Gasteiger partial charge >= 0.3 is 5.97 Å². The Bertz CT molecular complexity index is 688. The minimum atomic E-state index is -0.956. The molecule has 1 N–H and O–H groups in total. The first-order valence-electron chi connectivity index (χ1n) is 6.32. The highest BCUT2D eigenvalue weighted by molar-refractivity contribution is 9.10. The maximum absolute atomic E-state index is 11.3. The number of hydrogen-bond acceptors (Lipinski definition) is 3. The minimum absolute atomic E-state index is 0.227. The van der Waals surface area contributed by atoms with Gasteiger partial charge in [-0.25, -0.2) is 9.78 Å². The van der Waals surface area contributed by atoms with Gasteiger partial charge in [-0.2, -0.15) is 0 Å². The van der Waals surface area contributed by atoms with Gasteiger partial charge in [-0.15, -0.1) is 0 Å². The van der Waals surface area contributed by atoms with Crippen LogP contribution >= 0.6 is 27.7 Å². The molecule has 1 aliphatic carbocycles. The number of fused-ring (bicyclic) bond motifs is 1. The fraction of sp³-hybridized carbons (Fsp3) is 0.200. The molecule has 20 heavy (non-hydrogen) atoms. The van der Waals surface area contributed by atoms with E-state index in [4.69, 9.17) is 0 Å². The Morgan fingerprint density at radius 3 is 2.85 bits per heavy atom. The molecule has 3 rings (SSSR count). The molecule has 1 aromatic heterocycles. The number of carbonyl (C=O) groups is 1. The highest BCUT2D eigenvalue weighted by atomic mass is 79.9. The summed E-state index contributed by atoms with van der Waals surface area (Å²) in [7, 11) is 0. The Morgan fingerprint density at radius 1 is 1.25 bits per heavy atom. The second kappa shape index (κ2) is 5.58. The molecule has 0 saturated heterocycles. The predicted octanol–water partition coefficient (Wildman–Crippen LogP) is 4.18. The van der Waals surface area contributed by atoms with E-state index >= 15 is 0 Å². The van der Waals surface area contributed by atoms with Gasteiger partial charge in [-0.1, -0.05) is 17.8 Å². The number of carboxylic acids is 1. The topological polar surface area (TPSA) is 50.2 Å². The standard InChI is InChI=1S/C15H12BrNO2S/c16-11-7-13(15(18)19)14(17-8-11)20-12-5-4-9-2-1-3-10(9)6-12/h4-8H,1-3H2,(H,18,19). The Morgan fingerprint density at radius 2 is 2.05 bits per heavy atom. The van der Waals surface area contributed by atoms with Crippen LogP contribution in [0.1, 0.15) is 27.9 Å². The van der Waals surface area contributed by atoms with Gasteiger partial charge < -0.3 is 5.11 Å². The predicted molar refractivity (Wildman–Crippen MR) is 81.5 cm³/mol. The zero-order chi connectivity index (χ0) is 14.1. The molecule has 0 fully saturated rings. The lowest BCUT2D eigenvalue weighted by atomic mass is 10.1. The Kier molecular flexibility index (Phi) is 3.81. The number of nitrogens with zero attached hydrogens (tertiary/aromatic N) is 1. The average Bonchev–Trinajstić information content (AvgIpc) is 2.88. The third-order valence-corrected chi connectivity index (χ3v) is 4.77. The minimum Gasteiger partial charge on any atom is -0.478 e. The molecule has 0 bridgehead atoms. The lowest BCUT2D eigenvalue weighted by Crippen LogP contribution is -2.00. The Balaban J connectivity index is 1.93. The number of benzene rings is 1. The smallest absolute Gasteiger partial charge is 0.338 e. The fourth-order valence-electron chi connectivity index (χ4n) is 2.38. The van der Waals surface area contributed by atoms with Crippen LogP contribution < -0.4 is 0 Å². The highest BCUT2D eigenvalue weighted by Gasteiger charge is 2.15. The van der Waals surface area contributed by atoms with E-state index in [-0.39, 0.29) is 5.56 Å². The van der Waals surface area contributed by atoms with Crippen LogP contribution in [0.3, 0.4) is 0 Å². The van der Waals surface area contributed by atoms with Crippen molar-refractivity contribution in [2.45, 2.75) is 29.2 Å². The SMILES string of the molecule is O=C(O)c1cc(Br)cnc1Sc1ccc2c(c1)CCC2. The third-order valence-electron chi connectivity index (χ3n) is 3.33. The first kappa shape index (κ1) is 13.6. The van der Waals surface area contributed by atoms with Crippen molar-refractivity contribution in [1.29, 1.82) is 0 Å². The summed E-state index contributed by atoms with van der Waals surface area (Å²) >= 11 is 4.66. The second-order valence-corrected chi connectivity index (χ2v) is 6.68. The number of halogens is 1. The van der Waals surface area contributed by atoms with Crippen LogP contribution in [-0.4, -0.2) is 16.1 Å². The van der Waals surface area contributed by atoms with Crippen molar-refractivity contribution >= 4 is 33.7 Å². The van der Waals surface area contributed by atoms with Crippen molar-refractivity contribution < 1.29 is 9.90 Å². The van der Waals surface area contributed by atoms with E-state index in [2.05, 4.69) is 33.0 Å². The summed E-state index contributed by atoms with van der Waals surface area (Å²) < 4.78 is 0.674. The van der Waals surface area contributed by atoms with E-state index < -0.39 is 5.97 Å². The van der Waals surface area contributed by atoms with Gasteiger partial charge in [-0.05, 0) is 64.5 Å². The van der Waals surface area contributed by atoms with Gasteiger partial charge in [-0.3, -0.25) is 0 Å². The van der Waals surface area contributed by atoms with Gasteiger partial charge in [0.05, 0.1) is 5.56 Å². The summed E-state index contributed by atoms with van der Waals surface area (Å²) in [5, 5.41) is 9.78. The Hall–Kier alpha value is -1.33. The van der Waals surface area contributed by atoms with Crippen molar-refractivity contribution in [2.24, 2.45) is 0 Å². The molecular weight excluding hydrogens is 338 g/mol. The van der Waals surface area contributed by atoms with Gasteiger partial charge in [0, 0.05) is 15.6 Å². The van der Waals surface area contributed by atoms with E-state index in [1.807, 2.05) is 6.07 Å². The van der Waals surface area contributed by atoms with Gasteiger partial charge in [0.1, 0.15) is 5.03 Å². The molecular formula is C15H12BrNO2S. The van der Waals surface area contributed by atoms with E-state index in [1.54, 1.807) is 12.3 Å². The fourth-order valence-corrected chi connectivity index (χ4v) is 3.64. The van der Waals surface area contributed by atoms with Crippen molar-refractivity contribution in [1.82, 2.24) is 4.98 Å². The maximum Gasteiger partial charge on any atom is 0.338 e. The molecule has 0 atom stereocenters. The van der Waals surface area contributed by atoms with Crippen LogP contribution in [0.25, 0.3) is 0 Å². The highest BCUT2D eigenvalue weighted by Crippen LogP contribution is 2.33. The summed E-state index contributed by atoms with van der Waals surface area (Å²) in [5.41, 5.74) is 3.02. The quantitative estimate of drug-likeness (QED) is 0.902. The number of aromatic carboxylic acids is 1.